The molecule has 22 heavy (non-hydrogen) atoms. The Morgan fingerprint density at radius 2 is 2.18 bits per heavy atom. The van der Waals surface area contributed by atoms with Crippen LogP contribution in [0.15, 0.2) is 42.7 Å². The largest absolute Gasteiger partial charge is 0.479 e. The number of hydrogen-bond donors (Lipinski definition) is 1. The SMILES string of the molecule is C[C@@H](Oc1cccc(/C=C\C(=O)c2cnn(C)c2)c1)C(=O)O. The highest BCUT2D eigenvalue weighted by atomic mass is 16.5. The lowest BCUT2D eigenvalue weighted by Gasteiger charge is -2.10. The summed E-state index contributed by atoms with van der Waals surface area (Å²) >= 11 is 0. The number of allylic oxidation sites excluding steroid dienone is 1. The number of nitrogens with zero attached hydrogens (tertiary/aromatic N) is 2. The lowest BCUT2D eigenvalue weighted by atomic mass is 10.1. The van der Waals surface area contributed by atoms with Crippen molar-refractivity contribution in [3.63, 3.8) is 0 Å². The van der Waals surface area contributed by atoms with Gasteiger partial charge >= 0.3 is 5.97 Å². The Hall–Kier alpha value is -2.89. The molecule has 1 aromatic heterocycles. The summed E-state index contributed by atoms with van der Waals surface area (Å²) in [6.45, 7) is 1.46. The predicted molar refractivity (Wildman–Crippen MR) is 80.7 cm³/mol. The molecule has 0 saturated carbocycles. The summed E-state index contributed by atoms with van der Waals surface area (Å²) in [6, 6.07) is 6.87. The van der Waals surface area contributed by atoms with Crippen LogP contribution < -0.4 is 4.74 Å². The number of carbonyl (C=O) groups excluding carboxylic acids is 1. The highest BCUT2D eigenvalue weighted by Gasteiger charge is 2.12. The van der Waals surface area contributed by atoms with Gasteiger partial charge in [0.2, 0.25) is 0 Å². The molecule has 0 fully saturated rings. The summed E-state index contributed by atoms with van der Waals surface area (Å²) in [5, 5.41) is 12.8. The van der Waals surface area contributed by atoms with Gasteiger partial charge in [-0.05, 0) is 30.7 Å². The molecule has 0 spiro atoms. The van der Waals surface area contributed by atoms with Crippen molar-refractivity contribution in [1.29, 1.82) is 0 Å². The molecule has 0 amide bonds. The van der Waals surface area contributed by atoms with Gasteiger partial charge < -0.3 is 9.84 Å². The third-order valence-electron chi connectivity index (χ3n) is 2.94. The number of carboxylic acid groups (broad SMARTS) is 1. The number of aryl methyl sites for hydroxylation is 1. The molecule has 2 aromatic rings. The van der Waals surface area contributed by atoms with Gasteiger partial charge in [0.1, 0.15) is 5.75 Å². The molecule has 1 aromatic carbocycles. The molecule has 0 aliphatic rings. The lowest BCUT2D eigenvalue weighted by molar-refractivity contribution is -0.144. The van der Waals surface area contributed by atoms with Gasteiger partial charge in [-0.3, -0.25) is 9.48 Å². The second kappa shape index (κ2) is 6.71. The third kappa shape index (κ3) is 4.05. The van der Waals surface area contributed by atoms with Gasteiger partial charge in [0.15, 0.2) is 11.9 Å². The Bertz CT molecular complexity index is 718. The summed E-state index contributed by atoms with van der Waals surface area (Å²) in [7, 11) is 1.74. The van der Waals surface area contributed by atoms with Gasteiger partial charge in [-0.25, -0.2) is 4.79 Å². The molecule has 0 aliphatic heterocycles. The number of aliphatic carboxylic acids is 1. The van der Waals surface area contributed by atoms with Crippen molar-refractivity contribution in [3.8, 4) is 5.75 Å². The lowest BCUT2D eigenvalue weighted by Crippen LogP contribution is -2.22. The number of rotatable bonds is 6. The fourth-order valence-corrected chi connectivity index (χ4v) is 1.76. The molecule has 0 bridgehead atoms. The number of carboxylic acids is 1. The van der Waals surface area contributed by atoms with Crippen LogP contribution in [0.3, 0.4) is 0 Å². The molecule has 2 rings (SSSR count). The first-order chi connectivity index (χ1) is 10.5. The van der Waals surface area contributed by atoms with E-state index in [1.54, 1.807) is 48.3 Å². The van der Waals surface area contributed by atoms with E-state index in [4.69, 9.17) is 9.84 Å². The topological polar surface area (TPSA) is 81.4 Å². The predicted octanol–water partition coefficient (Wildman–Crippen LogP) is 2.17. The average Bonchev–Trinajstić information content (AvgIpc) is 2.91. The summed E-state index contributed by atoms with van der Waals surface area (Å²) in [5.74, 6) is -0.753. The van der Waals surface area contributed by atoms with Crippen LogP contribution in [0, 0.1) is 0 Å². The number of benzene rings is 1. The van der Waals surface area contributed by atoms with Gasteiger partial charge in [0.05, 0.1) is 11.8 Å². The van der Waals surface area contributed by atoms with Gasteiger partial charge in [-0.15, -0.1) is 0 Å². The minimum absolute atomic E-state index is 0.154. The molecular formula is C16H16N2O4. The van der Waals surface area contributed by atoms with E-state index in [9.17, 15) is 9.59 Å². The standard InChI is InChI=1S/C16H16N2O4/c1-11(16(20)21)22-14-5-3-4-12(8-14)6-7-15(19)13-9-17-18(2)10-13/h3-11H,1-2H3,(H,20,21)/b7-6-/t11-/m1/s1. The van der Waals surface area contributed by atoms with Crippen LogP contribution >= 0.6 is 0 Å². The zero-order valence-electron chi connectivity index (χ0n) is 12.3. The fourth-order valence-electron chi connectivity index (χ4n) is 1.76. The van der Waals surface area contributed by atoms with Crippen molar-refractivity contribution in [1.82, 2.24) is 9.78 Å². The van der Waals surface area contributed by atoms with E-state index in [0.717, 1.165) is 5.56 Å². The van der Waals surface area contributed by atoms with Gasteiger partial charge in [-0.2, -0.15) is 5.10 Å². The minimum atomic E-state index is -1.03. The molecular weight excluding hydrogens is 284 g/mol. The summed E-state index contributed by atoms with van der Waals surface area (Å²) in [6.07, 6.45) is 5.29. The second-order valence-electron chi connectivity index (χ2n) is 4.77. The molecule has 1 heterocycles. The number of ether oxygens (including phenoxy) is 1. The Labute approximate surface area is 127 Å². The highest BCUT2D eigenvalue weighted by molar-refractivity contribution is 6.06. The van der Waals surface area contributed by atoms with Crippen molar-refractivity contribution in [2.45, 2.75) is 13.0 Å². The Kier molecular flexibility index (Phi) is 4.73. The zero-order chi connectivity index (χ0) is 16.1. The first kappa shape index (κ1) is 15.5. The molecule has 0 aliphatic carbocycles. The average molecular weight is 300 g/mol. The van der Waals surface area contributed by atoms with Crippen molar-refractivity contribution in [2.24, 2.45) is 7.05 Å². The number of ketones is 1. The zero-order valence-corrected chi connectivity index (χ0v) is 12.3. The molecule has 1 atom stereocenters. The van der Waals surface area contributed by atoms with E-state index in [1.807, 2.05) is 0 Å². The highest BCUT2D eigenvalue weighted by Crippen LogP contribution is 2.16. The maximum atomic E-state index is 11.9. The molecule has 114 valence electrons. The Morgan fingerprint density at radius 3 is 2.82 bits per heavy atom. The van der Waals surface area contributed by atoms with E-state index < -0.39 is 12.1 Å². The molecule has 0 saturated heterocycles. The van der Waals surface area contributed by atoms with Gasteiger partial charge in [-0.1, -0.05) is 18.2 Å². The molecule has 0 unspecified atom stereocenters. The van der Waals surface area contributed by atoms with E-state index in [0.29, 0.717) is 11.3 Å². The smallest absolute Gasteiger partial charge is 0.344 e. The quantitative estimate of drug-likeness (QED) is 0.653. The van der Waals surface area contributed by atoms with Gasteiger partial charge in [0, 0.05) is 13.2 Å². The van der Waals surface area contributed by atoms with E-state index in [2.05, 4.69) is 5.10 Å². The Morgan fingerprint density at radius 1 is 1.41 bits per heavy atom. The maximum absolute atomic E-state index is 11.9. The van der Waals surface area contributed by atoms with Crippen LogP contribution in [-0.2, 0) is 11.8 Å². The second-order valence-corrected chi connectivity index (χ2v) is 4.77. The van der Waals surface area contributed by atoms with E-state index >= 15 is 0 Å². The van der Waals surface area contributed by atoms with Crippen LogP contribution in [-0.4, -0.2) is 32.7 Å². The first-order valence-electron chi connectivity index (χ1n) is 6.66. The van der Waals surface area contributed by atoms with Crippen molar-refractivity contribution in [2.75, 3.05) is 0 Å². The van der Waals surface area contributed by atoms with Crippen molar-refractivity contribution in [3.05, 3.63) is 53.9 Å². The summed E-state index contributed by atoms with van der Waals surface area (Å²) < 4.78 is 6.84. The van der Waals surface area contributed by atoms with Crippen molar-refractivity contribution >= 4 is 17.8 Å². The molecule has 1 N–H and O–H groups in total. The van der Waals surface area contributed by atoms with Crippen LogP contribution in [0.25, 0.3) is 6.08 Å². The fraction of sp³-hybridized carbons (Fsp3) is 0.188. The number of hydrogen-bond acceptors (Lipinski definition) is 4. The summed E-state index contributed by atoms with van der Waals surface area (Å²) in [5.41, 5.74) is 1.25. The van der Waals surface area contributed by atoms with Gasteiger partial charge in [0.25, 0.3) is 0 Å². The summed E-state index contributed by atoms with van der Waals surface area (Å²) in [4.78, 5) is 22.7. The molecule has 6 heteroatoms. The van der Waals surface area contributed by atoms with E-state index in [-0.39, 0.29) is 5.78 Å². The van der Waals surface area contributed by atoms with Crippen molar-refractivity contribution < 1.29 is 19.4 Å². The molecule has 0 radical (unpaired) electrons. The van der Waals surface area contributed by atoms with Crippen LogP contribution in [0.1, 0.15) is 22.8 Å². The number of aromatic nitrogens is 2. The molecule has 6 nitrogen and oxygen atoms in total. The monoisotopic (exact) mass is 300 g/mol. The number of carbonyl (C=O) groups is 2. The van der Waals surface area contributed by atoms with Crippen LogP contribution in [0.2, 0.25) is 0 Å². The van der Waals surface area contributed by atoms with E-state index in [1.165, 1.54) is 19.2 Å². The van der Waals surface area contributed by atoms with Crippen LogP contribution in [0.4, 0.5) is 0 Å². The maximum Gasteiger partial charge on any atom is 0.344 e. The minimum Gasteiger partial charge on any atom is -0.479 e. The first-order valence-corrected chi connectivity index (χ1v) is 6.66. The Balaban J connectivity index is 2.08. The third-order valence-corrected chi connectivity index (χ3v) is 2.94. The van der Waals surface area contributed by atoms with Crippen LogP contribution in [0.5, 0.6) is 5.75 Å². The normalized spacial score (nSPS) is 12.3.